The SMILES string of the molecule is CCc1ccc(-c2nc3c(C)cccn3c2N=Nc2ccccc2)cc1. The summed E-state index contributed by atoms with van der Waals surface area (Å²) in [5, 5.41) is 8.96. The summed E-state index contributed by atoms with van der Waals surface area (Å²) >= 11 is 0. The third kappa shape index (κ3) is 3.02. The second-order valence-electron chi connectivity index (χ2n) is 6.25. The summed E-state index contributed by atoms with van der Waals surface area (Å²) in [6.07, 6.45) is 3.00. The van der Waals surface area contributed by atoms with E-state index in [1.165, 1.54) is 5.56 Å². The number of fused-ring (bicyclic) bond motifs is 1. The first-order valence-corrected chi connectivity index (χ1v) is 8.80. The van der Waals surface area contributed by atoms with Crippen LogP contribution in [0.25, 0.3) is 16.9 Å². The molecule has 2 heterocycles. The monoisotopic (exact) mass is 340 g/mol. The molecule has 4 rings (SSSR count). The van der Waals surface area contributed by atoms with E-state index in [9.17, 15) is 0 Å². The zero-order chi connectivity index (χ0) is 17.9. The molecule has 0 radical (unpaired) electrons. The van der Waals surface area contributed by atoms with Gasteiger partial charge in [0.05, 0.1) is 5.69 Å². The van der Waals surface area contributed by atoms with Crippen molar-refractivity contribution in [2.75, 3.05) is 0 Å². The van der Waals surface area contributed by atoms with Gasteiger partial charge in [0.1, 0.15) is 11.3 Å². The Kier molecular flexibility index (Phi) is 4.32. The number of pyridine rings is 1. The van der Waals surface area contributed by atoms with Gasteiger partial charge in [-0.3, -0.25) is 4.40 Å². The molecule has 2 aromatic heterocycles. The van der Waals surface area contributed by atoms with E-state index in [2.05, 4.69) is 54.4 Å². The van der Waals surface area contributed by atoms with Crippen molar-refractivity contribution in [1.29, 1.82) is 0 Å². The zero-order valence-corrected chi connectivity index (χ0v) is 14.9. The number of hydrogen-bond donors (Lipinski definition) is 0. The van der Waals surface area contributed by atoms with Crippen molar-refractivity contribution in [3.63, 3.8) is 0 Å². The van der Waals surface area contributed by atoms with Gasteiger partial charge in [-0.05, 0) is 42.7 Å². The van der Waals surface area contributed by atoms with Gasteiger partial charge in [0.25, 0.3) is 0 Å². The van der Waals surface area contributed by atoms with Gasteiger partial charge in [-0.25, -0.2) is 4.98 Å². The highest BCUT2D eigenvalue weighted by Gasteiger charge is 2.15. The smallest absolute Gasteiger partial charge is 0.187 e. The van der Waals surface area contributed by atoms with Crippen molar-refractivity contribution in [2.45, 2.75) is 20.3 Å². The molecule has 0 saturated carbocycles. The minimum absolute atomic E-state index is 0.747. The number of rotatable bonds is 4. The largest absolute Gasteiger partial charge is 0.282 e. The second-order valence-corrected chi connectivity index (χ2v) is 6.25. The molecule has 4 nitrogen and oxygen atoms in total. The number of nitrogens with zero attached hydrogens (tertiary/aromatic N) is 4. The Labute approximate surface area is 152 Å². The van der Waals surface area contributed by atoms with E-state index in [4.69, 9.17) is 4.98 Å². The fourth-order valence-corrected chi connectivity index (χ4v) is 2.98. The van der Waals surface area contributed by atoms with Crippen molar-refractivity contribution in [1.82, 2.24) is 9.38 Å². The van der Waals surface area contributed by atoms with Gasteiger partial charge in [-0.15, -0.1) is 10.2 Å². The second kappa shape index (κ2) is 6.92. The molecule has 0 fully saturated rings. The number of imidazole rings is 1. The highest BCUT2D eigenvalue weighted by Crippen LogP contribution is 2.33. The Morgan fingerprint density at radius 2 is 1.65 bits per heavy atom. The maximum Gasteiger partial charge on any atom is 0.187 e. The predicted molar refractivity (Wildman–Crippen MR) is 105 cm³/mol. The summed E-state index contributed by atoms with van der Waals surface area (Å²) in [6.45, 7) is 4.22. The number of benzene rings is 2. The van der Waals surface area contributed by atoms with Crippen LogP contribution in [0.2, 0.25) is 0 Å². The van der Waals surface area contributed by atoms with E-state index in [0.717, 1.165) is 40.4 Å². The minimum Gasteiger partial charge on any atom is -0.282 e. The zero-order valence-electron chi connectivity index (χ0n) is 14.9. The molecule has 0 aliphatic rings. The topological polar surface area (TPSA) is 42.0 Å². The van der Waals surface area contributed by atoms with Gasteiger partial charge in [0.2, 0.25) is 0 Å². The highest BCUT2D eigenvalue weighted by molar-refractivity contribution is 5.75. The fourth-order valence-electron chi connectivity index (χ4n) is 2.98. The summed E-state index contributed by atoms with van der Waals surface area (Å²) in [5.41, 5.74) is 6.04. The summed E-state index contributed by atoms with van der Waals surface area (Å²) in [5.74, 6) is 0.747. The molecule has 128 valence electrons. The van der Waals surface area contributed by atoms with Crippen molar-refractivity contribution >= 4 is 17.2 Å². The molecular formula is C22H20N4. The molecule has 0 amide bonds. The number of hydrogen-bond acceptors (Lipinski definition) is 3. The standard InChI is InChI=1S/C22H20N4/c1-3-17-11-13-18(14-12-17)20-22(25-24-19-9-5-4-6-10-19)26-15-7-8-16(2)21(26)23-20/h4-15H,3H2,1-2H3. The van der Waals surface area contributed by atoms with E-state index in [0.29, 0.717) is 0 Å². The molecule has 0 spiro atoms. The third-order valence-corrected chi connectivity index (χ3v) is 4.47. The average Bonchev–Trinajstić information content (AvgIpc) is 3.07. The van der Waals surface area contributed by atoms with E-state index in [1.807, 2.05) is 47.0 Å². The van der Waals surface area contributed by atoms with Crippen LogP contribution in [0.1, 0.15) is 18.1 Å². The molecule has 4 aromatic rings. The van der Waals surface area contributed by atoms with Gasteiger partial charge in [-0.1, -0.05) is 55.5 Å². The van der Waals surface area contributed by atoms with Gasteiger partial charge in [0.15, 0.2) is 5.82 Å². The van der Waals surface area contributed by atoms with Crippen molar-refractivity contribution < 1.29 is 0 Å². The number of aryl methyl sites for hydroxylation is 2. The Morgan fingerprint density at radius 3 is 2.38 bits per heavy atom. The van der Waals surface area contributed by atoms with Crippen LogP contribution >= 0.6 is 0 Å². The minimum atomic E-state index is 0.747. The lowest BCUT2D eigenvalue weighted by molar-refractivity contribution is 1.10. The Balaban J connectivity index is 1.88. The molecule has 0 saturated heterocycles. The molecule has 0 aliphatic carbocycles. The summed E-state index contributed by atoms with van der Waals surface area (Å²) in [7, 11) is 0. The van der Waals surface area contributed by atoms with E-state index in [-0.39, 0.29) is 0 Å². The quantitative estimate of drug-likeness (QED) is 0.403. The van der Waals surface area contributed by atoms with Crippen molar-refractivity contribution in [3.05, 3.63) is 84.1 Å². The average molecular weight is 340 g/mol. The van der Waals surface area contributed by atoms with Crippen LogP contribution in [0, 0.1) is 6.92 Å². The molecule has 0 bridgehead atoms. The van der Waals surface area contributed by atoms with Crippen LogP contribution in [-0.2, 0) is 6.42 Å². The molecular weight excluding hydrogens is 320 g/mol. The molecule has 0 N–H and O–H groups in total. The first-order valence-electron chi connectivity index (χ1n) is 8.80. The van der Waals surface area contributed by atoms with Gasteiger partial charge in [0, 0.05) is 11.8 Å². The first-order chi connectivity index (χ1) is 12.8. The van der Waals surface area contributed by atoms with E-state index in [1.54, 1.807) is 0 Å². The Bertz CT molecular complexity index is 1060. The lowest BCUT2D eigenvalue weighted by Gasteiger charge is -2.01. The van der Waals surface area contributed by atoms with Crippen LogP contribution in [0.15, 0.2) is 83.2 Å². The summed E-state index contributed by atoms with van der Waals surface area (Å²) in [4.78, 5) is 4.86. The summed E-state index contributed by atoms with van der Waals surface area (Å²) < 4.78 is 2.00. The number of aromatic nitrogens is 2. The molecule has 2 aromatic carbocycles. The molecule has 0 unspecified atom stereocenters. The third-order valence-electron chi connectivity index (χ3n) is 4.47. The Hall–Kier alpha value is -3.27. The normalized spacial score (nSPS) is 11.5. The predicted octanol–water partition coefficient (Wildman–Crippen LogP) is 6.29. The summed E-state index contributed by atoms with van der Waals surface area (Å²) in [6, 6.07) is 22.3. The van der Waals surface area contributed by atoms with Crippen molar-refractivity contribution in [3.8, 4) is 11.3 Å². The first kappa shape index (κ1) is 16.2. The maximum absolute atomic E-state index is 4.86. The lowest BCUT2D eigenvalue weighted by atomic mass is 10.1. The fraction of sp³-hybridized carbons (Fsp3) is 0.136. The van der Waals surface area contributed by atoms with E-state index >= 15 is 0 Å². The maximum atomic E-state index is 4.86. The molecule has 4 heteroatoms. The van der Waals surface area contributed by atoms with Crippen LogP contribution in [0.5, 0.6) is 0 Å². The molecule has 0 aliphatic heterocycles. The van der Waals surface area contributed by atoms with Gasteiger partial charge in [-0.2, -0.15) is 0 Å². The highest BCUT2D eigenvalue weighted by atomic mass is 15.2. The molecule has 0 atom stereocenters. The molecule has 26 heavy (non-hydrogen) atoms. The van der Waals surface area contributed by atoms with Gasteiger partial charge >= 0.3 is 0 Å². The van der Waals surface area contributed by atoms with Crippen LogP contribution < -0.4 is 0 Å². The van der Waals surface area contributed by atoms with Crippen molar-refractivity contribution in [2.24, 2.45) is 10.2 Å². The van der Waals surface area contributed by atoms with Crippen LogP contribution in [-0.4, -0.2) is 9.38 Å². The van der Waals surface area contributed by atoms with Crippen LogP contribution in [0.4, 0.5) is 11.5 Å². The Morgan fingerprint density at radius 1 is 0.885 bits per heavy atom. The van der Waals surface area contributed by atoms with Gasteiger partial charge < -0.3 is 0 Å². The van der Waals surface area contributed by atoms with E-state index < -0.39 is 0 Å². The lowest BCUT2D eigenvalue weighted by Crippen LogP contribution is -1.85. The van der Waals surface area contributed by atoms with Crippen LogP contribution in [0.3, 0.4) is 0 Å². The number of azo groups is 1.